The van der Waals surface area contributed by atoms with E-state index in [0.29, 0.717) is 6.42 Å². The van der Waals surface area contributed by atoms with Crippen LogP contribution >= 0.6 is 0 Å². The summed E-state index contributed by atoms with van der Waals surface area (Å²) in [4.78, 5) is 11.5. The third kappa shape index (κ3) is 2.16. The Morgan fingerprint density at radius 2 is 1.89 bits per heavy atom. The van der Waals surface area contributed by atoms with Gasteiger partial charge in [-0.2, -0.15) is 0 Å². The summed E-state index contributed by atoms with van der Waals surface area (Å²) >= 11 is 0. The minimum Gasteiger partial charge on any atom is -0.497 e. The minimum absolute atomic E-state index is 0.146. The molecule has 1 saturated heterocycles. The van der Waals surface area contributed by atoms with E-state index in [2.05, 4.69) is 36.5 Å². The lowest BCUT2D eigenvalue weighted by Gasteiger charge is -2.15. The molecule has 1 N–H and O–H groups in total. The van der Waals surface area contributed by atoms with Crippen molar-refractivity contribution in [3.63, 3.8) is 0 Å². The van der Waals surface area contributed by atoms with Crippen LogP contribution in [-0.2, 0) is 4.79 Å². The van der Waals surface area contributed by atoms with Gasteiger partial charge in [0.1, 0.15) is 5.75 Å². The molecule has 2 unspecified atom stereocenters. The lowest BCUT2D eigenvalue weighted by atomic mass is 9.91. The molecule has 0 saturated carbocycles. The van der Waals surface area contributed by atoms with Crippen LogP contribution in [0.25, 0.3) is 10.8 Å². The van der Waals surface area contributed by atoms with Crippen LogP contribution in [-0.4, -0.2) is 19.1 Å². The van der Waals surface area contributed by atoms with E-state index in [-0.39, 0.29) is 17.9 Å². The van der Waals surface area contributed by atoms with Crippen LogP contribution < -0.4 is 10.1 Å². The van der Waals surface area contributed by atoms with Crippen LogP contribution in [0.1, 0.15) is 24.8 Å². The number of hydrogen-bond acceptors (Lipinski definition) is 2. The molecule has 1 amide bonds. The van der Waals surface area contributed by atoms with Crippen molar-refractivity contribution in [3.05, 3.63) is 42.0 Å². The molecule has 0 radical (unpaired) electrons. The number of ether oxygens (including phenoxy) is 1. The number of amides is 1. The average Bonchev–Trinajstić information content (AvgIpc) is 2.76. The molecule has 3 heteroatoms. The number of carbonyl (C=O) groups excluding carboxylic acids is 1. The second-order valence-electron chi connectivity index (χ2n) is 5.14. The zero-order valence-electron chi connectivity index (χ0n) is 11.1. The van der Waals surface area contributed by atoms with Crippen LogP contribution in [0.3, 0.4) is 0 Å². The summed E-state index contributed by atoms with van der Waals surface area (Å²) in [6.07, 6.45) is 0.586. The normalized spacial score (nSPS) is 22.5. The first-order valence-corrected chi connectivity index (χ1v) is 6.54. The molecule has 0 bridgehead atoms. The van der Waals surface area contributed by atoms with Crippen molar-refractivity contribution in [2.75, 3.05) is 7.11 Å². The summed E-state index contributed by atoms with van der Waals surface area (Å²) in [5.41, 5.74) is 1.23. The van der Waals surface area contributed by atoms with Crippen molar-refractivity contribution in [1.29, 1.82) is 0 Å². The van der Waals surface area contributed by atoms with E-state index in [4.69, 9.17) is 4.74 Å². The Kier molecular flexibility index (Phi) is 2.90. The predicted octanol–water partition coefficient (Wildman–Crippen LogP) is 2.84. The molecule has 0 aromatic heterocycles. The van der Waals surface area contributed by atoms with E-state index in [9.17, 15) is 4.79 Å². The molecule has 0 aliphatic carbocycles. The fourth-order valence-corrected chi connectivity index (χ4v) is 2.80. The molecule has 2 atom stereocenters. The Bertz CT molecular complexity index is 636. The molecule has 1 heterocycles. The van der Waals surface area contributed by atoms with Crippen LogP contribution in [0.5, 0.6) is 5.75 Å². The summed E-state index contributed by atoms with van der Waals surface area (Å²) in [5.74, 6) is 1.29. The molecule has 1 fully saturated rings. The molecule has 3 nitrogen and oxygen atoms in total. The highest BCUT2D eigenvalue weighted by atomic mass is 16.5. The second kappa shape index (κ2) is 4.57. The van der Waals surface area contributed by atoms with Crippen molar-refractivity contribution in [2.24, 2.45) is 0 Å². The van der Waals surface area contributed by atoms with Crippen molar-refractivity contribution < 1.29 is 9.53 Å². The van der Waals surface area contributed by atoms with E-state index in [1.807, 2.05) is 12.1 Å². The Hall–Kier alpha value is -2.03. The van der Waals surface area contributed by atoms with Crippen molar-refractivity contribution in [3.8, 4) is 5.75 Å². The Morgan fingerprint density at radius 3 is 2.58 bits per heavy atom. The number of hydrogen-bond donors (Lipinski definition) is 1. The van der Waals surface area contributed by atoms with E-state index in [1.54, 1.807) is 7.11 Å². The van der Waals surface area contributed by atoms with Gasteiger partial charge in [0, 0.05) is 18.4 Å². The SMILES string of the molecule is COc1ccc2cc(C3CC(=O)NC3C)ccc2c1. The zero-order valence-corrected chi connectivity index (χ0v) is 11.1. The third-order valence-electron chi connectivity index (χ3n) is 3.90. The third-order valence-corrected chi connectivity index (χ3v) is 3.90. The molecule has 98 valence electrons. The maximum Gasteiger partial charge on any atom is 0.220 e. The zero-order chi connectivity index (χ0) is 13.4. The minimum atomic E-state index is 0.146. The highest BCUT2D eigenvalue weighted by Gasteiger charge is 2.30. The van der Waals surface area contributed by atoms with Crippen LogP contribution in [0.4, 0.5) is 0 Å². The first-order chi connectivity index (χ1) is 9.17. The first-order valence-electron chi connectivity index (χ1n) is 6.54. The maximum atomic E-state index is 11.5. The van der Waals surface area contributed by atoms with Crippen molar-refractivity contribution in [2.45, 2.75) is 25.3 Å². The highest BCUT2D eigenvalue weighted by Crippen LogP contribution is 2.31. The number of benzene rings is 2. The van der Waals surface area contributed by atoms with Gasteiger partial charge in [-0.05, 0) is 35.4 Å². The van der Waals surface area contributed by atoms with E-state index >= 15 is 0 Å². The summed E-state index contributed by atoms with van der Waals surface area (Å²) in [5, 5.41) is 5.32. The van der Waals surface area contributed by atoms with E-state index in [0.717, 1.165) is 11.1 Å². The molecule has 19 heavy (non-hydrogen) atoms. The van der Waals surface area contributed by atoms with E-state index < -0.39 is 0 Å². The Labute approximate surface area is 112 Å². The van der Waals surface area contributed by atoms with Crippen LogP contribution in [0.15, 0.2) is 36.4 Å². The molecular weight excluding hydrogens is 238 g/mol. The first kappa shape index (κ1) is 12.0. The van der Waals surface area contributed by atoms with Gasteiger partial charge in [0.2, 0.25) is 5.91 Å². The van der Waals surface area contributed by atoms with Gasteiger partial charge in [0.05, 0.1) is 7.11 Å². The fraction of sp³-hybridized carbons (Fsp3) is 0.312. The molecule has 2 aromatic rings. The number of fused-ring (bicyclic) bond motifs is 1. The number of carbonyl (C=O) groups is 1. The number of nitrogens with one attached hydrogen (secondary N) is 1. The summed E-state index contributed by atoms with van der Waals surface area (Å²) < 4.78 is 5.23. The van der Waals surface area contributed by atoms with Gasteiger partial charge >= 0.3 is 0 Å². The fourth-order valence-electron chi connectivity index (χ4n) is 2.80. The molecule has 0 spiro atoms. The smallest absolute Gasteiger partial charge is 0.220 e. The average molecular weight is 255 g/mol. The number of rotatable bonds is 2. The van der Waals surface area contributed by atoms with Crippen molar-refractivity contribution >= 4 is 16.7 Å². The summed E-state index contributed by atoms with van der Waals surface area (Å²) in [6.45, 7) is 2.06. The van der Waals surface area contributed by atoms with Gasteiger partial charge in [-0.3, -0.25) is 4.79 Å². The van der Waals surface area contributed by atoms with Crippen LogP contribution in [0.2, 0.25) is 0 Å². The predicted molar refractivity (Wildman–Crippen MR) is 75.5 cm³/mol. The summed E-state index contributed by atoms with van der Waals surface area (Å²) in [7, 11) is 1.67. The molecule has 3 rings (SSSR count). The largest absolute Gasteiger partial charge is 0.497 e. The maximum absolute atomic E-state index is 11.5. The molecule has 1 aliphatic heterocycles. The summed E-state index contributed by atoms with van der Waals surface area (Å²) in [6, 6.07) is 12.7. The highest BCUT2D eigenvalue weighted by molar-refractivity contribution is 5.85. The molecule has 2 aromatic carbocycles. The molecule has 1 aliphatic rings. The van der Waals surface area contributed by atoms with Gasteiger partial charge in [-0.25, -0.2) is 0 Å². The monoisotopic (exact) mass is 255 g/mol. The van der Waals surface area contributed by atoms with Gasteiger partial charge in [0.15, 0.2) is 0 Å². The van der Waals surface area contributed by atoms with Gasteiger partial charge in [0.25, 0.3) is 0 Å². The lowest BCUT2D eigenvalue weighted by molar-refractivity contribution is -0.119. The second-order valence-corrected chi connectivity index (χ2v) is 5.14. The molecular formula is C16H17NO2. The van der Waals surface area contributed by atoms with E-state index in [1.165, 1.54) is 10.9 Å². The van der Waals surface area contributed by atoms with Crippen molar-refractivity contribution in [1.82, 2.24) is 5.32 Å². The number of methoxy groups -OCH3 is 1. The van der Waals surface area contributed by atoms with Gasteiger partial charge in [-0.15, -0.1) is 0 Å². The Balaban J connectivity index is 2.00. The van der Waals surface area contributed by atoms with Crippen LogP contribution in [0, 0.1) is 0 Å². The van der Waals surface area contributed by atoms with Gasteiger partial charge < -0.3 is 10.1 Å². The topological polar surface area (TPSA) is 38.3 Å². The lowest BCUT2D eigenvalue weighted by Crippen LogP contribution is -2.24. The Morgan fingerprint density at radius 1 is 1.16 bits per heavy atom. The van der Waals surface area contributed by atoms with Gasteiger partial charge in [-0.1, -0.05) is 24.3 Å². The standard InChI is InChI=1S/C16H17NO2/c1-10-15(9-16(18)17-10)13-4-3-12-8-14(19-2)6-5-11(12)7-13/h3-8,10,15H,9H2,1-2H3,(H,17,18). The quantitative estimate of drug-likeness (QED) is 0.896.